The van der Waals surface area contributed by atoms with Gasteiger partial charge in [0.1, 0.15) is 6.04 Å². The Balaban J connectivity index is 1.40. The second-order valence-corrected chi connectivity index (χ2v) is 9.92. The van der Waals surface area contributed by atoms with Crippen molar-refractivity contribution in [2.45, 2.75) is 63.2 Å². The molecular formula is C25H35N5O4. The smallest absolute Gasteiger partial charge is 0.255 e. The van der Waals surface area contributed by atoms with E-state index in [1.165, 1.54) is 0 Å². The van der Waals surface area contributed by atoms with E-state index in [4.69, 9.17) is 10.5 Å². The van der Waals surface area contributed by atoms with Crippen molar-refractivity contribution in [2.24, 2.45) is 5.73 Å². The summed E-state index contributed by atoms with van der Waals surface area (Å²) in [7, 11) is 0. The highest BCUT2D eigenvalue weighted by Crippen LogP contribution is 2.37. The molecule has 9 nitrogen and oxygen atoms in total. The molecule has 0 spiro atoms. The molecule has 1 atom stereocenters. The van der Waals surface area contributed by atoms with Crippen LogP contribution < -0.4 is 16.0 Å². The van der Waals surface area contributed by atoms with E-state index in [1.807, 2.05) is 12.1 Å². The molecule has 3 aliphatic heterocycles. The Morgan fingerprint density at radius 2 is 1.82 bits per heavy atom. The number of imide groups is 1. The first-order valence-corrected chi connectivity index (χ1v) is 12.6. The van der Waals surface area contributed by atoms with Gasteiger partial charge in [-0.1, -0.05) is 6.07 Å². The van der Waals surface area contributed by atoms with E-state index < -0.39 is 6.04 Å². The number of hydrogen-bond donors (Lipinski definition) is 2. The zero-order chi connectivity index (χ0) is 23.7. The highest BCUT2D eigenvalue weighted by Gasteiger charge is 2.41. The molecule has 3 amide bonds. The molecule has 3 fully saturated rings. The average Bonchev–Trinajstić information content (AvgIpc) is 3.18. The zero-order valence-corrected chi connectivity index (χ0v) is 19.7. The predicted octanol–water partition coefficient (Wildman–Crippen LogP) is 0.856. The van der Waals surface area contributed by atoms with E-state index in [0.717, 1.165) is 76.3 Å². The highest BCUT2D eigenvalue weighted by molar-refractivity contribution is 6.06. The maximum absolute atomic E-state index is 13.3. The van der Waals surface area contributed by atoms with Crippen LogP contribution in [-0.2, 0) is 20.9 Å². The third kappa shape index (κ3) is 4.69. The van der Waals surface area contributed by atoms with E-state index in [-0.39, 0.29) is 30.2 Å². The molecule has 9 heteroatoms. The van der Waals surface area contributed by atoms with Crippen LogP contribution in [0, 0.1) is 0 Å². The number of anilines is 1. The normalized spacial score (nSPS) is 28.1. The Morgan fingerprint density at radius 1 is 1.06 bits per heavy atom. The fraction of sp³-hybridized carbons (Fsp3) is 0.640. The molecule has 0 radical (unpaired) electrons. The van der Waals surface area contributed by atoms with Crippen LogP contribution >= 0.6 is 0 Å². The number of carbonyl (C=O) groups is 3. The number of benzene rings is 1. The van der Waals surface area contributed by atoms with Crippen molar-refractivity contribution in [1.29, 1.82) is 0 Å². The molecule has 2 saturated heterocycles. The summed E-state index contributed by atoms with van der Waals surface area (Å²) in [6.07, 6.45) is 4.74. The first-order valence-electron chi connectivity index (χ1n) is 12.6. The van der Waals surface area contributed by atoms with Gasteiger partial charge in [-0.05, 0) is 44.2 Å². The maximum atomic E-state index is 13.3. The number of carbonyl (C=O) groups excluding carboxylic acids is 3. The lowest BCUT2D eigenvalue weighted by atomic mass is 9.90. The van der Waals surface area contributed by atoms with Crippen LogP contribution in [0.5, 0.6) is 0 Å². The summed E-state index contributed by atoms with van der Waals surface area (Å²) in [5.74, 6) is -0.759. The number of nitrogens with one attached hydrogen (secondary N) is 1. The summed E-state index contributed by atoms with van der Waals surface area (Å²) >= 11 is 0. The lowest BCUT2D eigenvalue weighted by Crippen LogP contribution is -2.52. The van der Waals surface area contributed by atoms with Crippen molar-refractivity contribution in [3.8, 4) is 0 Å². The van der Waals surface area contributed by atoms with Crippen molar-refractivity contribution in [1.82, 2.24) is 15.1 Å². The molecule has 184 valence electrons. The number of amides is 3. The van der Waals surface area contributed by atoms with Gasteiger partial charge in [0.25, 0.3) is 5.91 Å². The second-order valence-electron chi connectivity index (χ2n) is 9.92. The van der Waals surface area contributed by atoms with Crippen LogP contribution in [0.25, 0.3) is 0 Å². The number of rotatable bonds is 6. The molecule has 1 unspecified atom stereocenters. The van der Waals surface area contributed by atoms with Crippen molar-refractivity contribution < 1.29 is 19.1 Å². The van der Waals surface area contributed by atoms with Gasteiger partial charge in [-0.2, -0.15) is 0 Å². The molecule has 1 aromatic carbocycles. The van der Waals surface area contributed by atoms with Gasteiger partial charge in [-0.3, -0.25) is 24.6 Å². The SMILES string of the molecule is NC1CCC(N(CCN2CCOCC2)c2cccc3c2CN(C2CCC(=O)NC2=O)C3=O)CC1. The van der Waals surface area contributed by atoms with Crippen molar-refractivity contribution in [3.05, 3.63) is 29.3 Å². The van der Waals surface area contributed by atoms with Crippen LogP contribution in [-0.4, -0.2) is 85.0 Å². The third-order valence-corrected chi connectivity index (χ3v) is 7.81. The number of morpholine rings is 1. The van der Waals surface area contributed by atoms with Gasteiger partial charge in [-0.25, -0.2) is 0 Å². The average molecular weight is 470 g/mol. The van der Waals surface area contributed by atoms with Gasteiger partial charge >= 0.3 is 0 Å². The summed E-state index contributed by atoms with van der Waals surface area (Å²) < 4.78 is 5.51. The Hall–Kier alpha value is -2.49. The van der Waals surface area contributed by atoms with Crippen molar-refractivity contribution in [2.75, 3.05) is 44.3 Å². The number of fused-ring (bicyclic) bond motifs is 1. The lowest BCUT2D eigenvalue weighted by molar-refractivity contribution is -0.136. The van der Waals surface area contributed by atoms with E-state index in [0.29, 0.717) is 24.6 Å². The first-order chi connectivity index (χ1) is 16.5. The Bertz CT molecular complexity index is 939. The summed E-state index contributed by atoms with van der Waals surface area (Å²) in [6, 6.07) is 5.99. The van der Waals surface area contributed by atoms with E-state index >= 15 is 0 Å². The standard InChI is InChI=1S/C25H35N5O4/c26-17-4-6-18(7-5-17)29(11-10-28-12-14-34-15-13-28)21-3-1-2-19-20(21)16-30(25(19)33)22-8-9-23(31)27-24(22)32/h1-3,17-18,22H,4-16,26H2,(H,27,31,32). The summed E-state index contributed by atoms with van der Waals surface area (Å²) in [6.45, 7) is 5.65. The molecule has 3 N–H and O–H groups in total. The fourth-order valence-electron chi connectivity index (χ4n) is 5.83. The molecule has 4 aliphatic rings. The molecule has 34 heavy (non-hydrogen) atoms. The van der Waals surface area contributed by atoms with Gasteiger partial charge in [-0.15, -0.1) is 0 Å². The van der Waals surface area contributed by atoms with Crippen molar-refractivity contribution in [3.63, 3.8) is 0 Å². The van der Waals surface area contributed by atoms with Gasteiger partial charge in [0, 0.05) is 68.0 Å². The predicted molar refractivity (Wildman–Crippen MR) is 127 cm³/mol. The first kappa shape index (κ1) is 23.3. The summed E-state index contributed by atoms with van der Waals surface area (Å²) in [5.41, 5.74) is 8.96. The maximum Gasteiger partial charge on any atom is 0.255 e. The van der Waals surface area contributed by atoms with E-state index in [9.17, 15) is 14.4 Å². The molecule has 0 bridgehead atoms. The Kier molecular flexibility index (Phi) is 6.85. The van der Waals surface area contributed by atoms with Crippen molar-refractivity contribution >= 4 is 23.4 Å². The monoisotopic (exact) mass is 469 g/mol. The molecule has 5 rings (SSSR count). The van der Waals surface area contributed by atoms with E-state index in [1.54, 1.807) is 4.90 Å². The summed E-state index contributed by atoms with van der Waals surface area (Å²) in [4.78, 5) is 44.0. The van der Waals surface area contributed by atoms with Gasteiger partial charge < -0.3 is 20.3 Å². The number of hydrogen-bond acceptors (Lipinski definition) is 7. The molecule has 0 aromatic heterocycles. The minimum Gasteiger partial charge on any atom is -0.379 e. The van der Waals surface area contributed by atoms with E-state index in [2.05, 4.69) is 21.2 Å². The number of piperidine rings is 1. The number of nitrogens with zero attached hydrogens (tertiary/aromatic N) is 3. The zero-order valence-electron chi connectivity index (χ0n) is 19.7. The minimum atomic E-state index is -0.597. The number of nitrogens with two attached hydrogens (primary N) is 1. The Morgan fingerprint density at radius 3 is 2.56 bits per heavy atom. The largest absolute Gasteiger partial charge is 0.379 e. The van der Waals surface area contributed by atoms with Gasteiger partial charge in [0.15, 0.2) is 0 Å². The fourth-order valence-corrected chi connectivity index (χ4v) is 5.83. The van der Waals surface area contributed by atoms with Gasteiger partial charge in [0.2, 0.25) is 11.8 Å². The molecule has 1 saturated carbocycles. The highest BCUT2D eigenvalue weighted by atomic mass is 16.5. The third-order valence-electron chi connectivity index (χ3n) is 7.81. The van der Waals surface area contributed by atoms with Crippen LogP contribution in [0.2, 0.25) is 0 Å². The Labute approximate surface area is 200 Å². The van der Waals surface area contributed by atoms with Crippen LogP contribution in [0.1, 0.15) is 54.4 Å². The summed E-state index contributed by atoms with van der Waals surface area (Å²) in [5, 5.41) is 2.39. The lowest BCUT2D eigenvalue weighted by Gasteiger charge is -2.40. The molecule has 3 heterocycles. The quantitative estimate of drug-likeness (QED) is 0.595. The number of ether oxygens (including phenoxy) is 1. The molecule has 1 aromatic rings. The topological polar surface area (TPSA) is 108 Å². The van der Waals surface area contributed by atoms with Crippen LogP contribution in [0.15, 0.2) is 18.2 Å². The van der Waals surface area contributed by atoms with Gasteiger partial charge in [0.05, 0.1) is 13.2 Å². The molecular weight excluding hydrogens is 434 g/mol. The van der Waals surface area contributed by atoms with Crippen LogP contribution in [0.3, 0.4) is 0 Å². The van der Waals surface area contributed by atoms with Crippen LogP contribution in [0.4, 0.5) is 5.69 Å². The second kappa shape index (κ2) is 10.0. The molecule has 1 aliphatic carbocycles. The minimum absolute atomic E-state index is 0.120.